The van der Waals surface area contributed by atoms with Crippen LogP contribution >= 0.6 is 0 Å². The second-order valence-electron chi connectivity index (χ2n) is 4.47. The smallest absolute Gasteiger partial charge is 0.293 e. The predicted molar refractivity (Wildman–Crippen MR) is 69.9 cm³/mol. The molecule has 19 heavy (non-hydrogen) atoms. The number of rotatable bonds is 4. The number of ether oxygens (including phenoxy) is 1. The Bertz CT molecular complexity index is 504. The molecule has 0 radical (unpaired) electrons. The number of nitro groups is 1. The highest BCUT2D eigenvalue weighted by Gasteiger charge is 2.18. The average Bonchev–Trinajstić information content (AvgIpc) is 2.46. The third-order valence-corrected chi connectivity index (χ3v) is 3.12. The molecule has 1 N–H and O–H groups in total. The van der Waals surface area contributed by atoms with Crippen molar-refractivity contribution in [3.8, 4) is 6.07 Å². The second kappa shape index (κ2) is 6.16. The molecule has 0 aliphatic carbocycles. The fourth-order valence-electron chi connectivity index (χ4n) is 2.09. The minimum Gasteiger partial charge on any atom is -0.377 e. The van der Waals surface area contributed by atoms with Gasteiger partial charge in [-0.1, -0.05) is 0 Å². The summed E-state index contributed by atoms with van der Waals surface area (Å²) in [6.07, 6.45) is 3.27. The molecule has 6 heteroatoms. The molecule has 6 nitrogen and oxygen atoms in total. The maximum atomic E-state index is 11.0. The molecule has 1 atom stereocenters. The number of hydrogen-bond donors (Lipinski definition) is 1. The van der Waals surface area contributed by atoms with E-state index in [2.05, 4.69) is 5.32 Å². The highest BCUT2D eigenvalue weighted by molar-refractivity contribution is 5.64. The Morgan fingerprint density at radius 2 is 2.37 bits per heavy atom. The monoisotopic (exact) mass is 261 g/mol. The standard InChI is InChI=1S/C13H15N3O3/c14-8-10-4-5-12(13(7-10)16(17)18)15-9-11-3-1-2-6-19-11/h4-5,7,11,15H,1-3,6,9H2. The van der Waals surface area contributed by atoms with Gasteiger partial charge in [0.1, 0.15) is 5.69 Å². The number of benzene rings is 1. The number of hydrogen-bond acceptors (Lipinski definition) is 5. The van der Waals surface area contributed by atoms with Gasteiger partial charge in [0.2, 0.25) is 0 Å². The predicted octanol–water partition coefficient (Wildman–Crippen LogP) is 2.45. The number of nitrogens with one attached hydrogen (secondary N) is 1. The lowest BCUT2D eigenvalue weighted by molar-refractivity contribution is -0.384. The lowest BCUT2D eigenvalue weighted by Crippen LogP contribution is -2.27. The molecule has 2 rings (SSSR count). The molecule has 0 saturated carbocycles. The van der Waals surface area contributed by atoms with Gasteiger partial charge >= 0.3 is 0 Å². The van der Waals surface area contributed by atoms with Crippen LogP contribution in [0.25, 0.3) is 0 Å². The number of anilines is 1. The minimum atomic E-state index is -0.481. The molecule has 1 unspecified atom stereocenters. The lowest BCUT2D eigenvalue weighted by Gasteiger charge is -2.23. The molecule has 1 aliphatic heterocycles. The number of nitriles is 1. The van der Waals surface area contributed by atoms with Crippen LogP contribution in [-0.2, 0) is 4.74 Å². The Morgan fingerprint density at radius 3 is 3.00 bits per heavy atom. The zero-order chi connectivity index (χ0) is 13.7. The SMILES string of the molecule is N#Cc1ccc(NCC2CCCCO2)c([N+](=O)[O-])c1. The van der Waals surface area contributed by atoms with Crippen molar-refractivity contribution in [2.45, 2.75) is 25.4 Å². The fourth-order valence-corrected chi connectivity index (χ4v) is 2.09. The maximum Gasteiger partial charge on any atom is 0.293 e. The Balaban J connectivity index is 2.06. The van der Waals surface area contributed by atoms with E-state index in [1.165, 1.54) is 6.07 Å². The van der Waals surface area contributed by atoms with E-state index in [9.17, 15) is 10.1 Å². The first-order valence-electron chi connectivity index (χ1n) is 6.24. The van der Waals surface area contributed by atoms with Gasteiger partial charge in [-0.15, -0.1) is 0 Å². The van der Waals surface area contributed by atoms with E-state index in [4.69, 9.17) is 10.00 Å². The van der Waals surface area contributed by atoms with Gasteiger partial charge in [0.05, 0.1) is 22.7 Å². The first kappa shape index (κ1) is 13.3. The van der Waals surface area contributed by atoms with Crippen LogP contribution in [0.15, 0.2) is 18.2 Å². The van der Waals surface area contributed by atoms with Crippen LogP contribution in [0.5, 0.6) is 0 Å². The Labute approximate surface area is 111 Å². The van der Waals surface area contributed by atoms with Crippen molar-refractivity contribution in [3.63, 3.8) is 0 Å². The molecule has 0 bridgehead atoms. The van der Waals surface area contributed by atoms with Gasteiger partial charge in [-0.2, -0.15) is 5.26 Å². The summed E-state index contributed by atoms with van der Waals surface area (Å²) in [6.45, 7) is 1.30. The Kier molecular flexibility index (Phi) is 4.31. The van der Waals surface area contributed by atoms with Crippen LogP contribution in [0, 0.1) is 21.4 Å². The summed E-state index contributed by atoms with van der Waals surface area (Å²) in [7, 11) is 0. The highest BCUT2D eigenvalue weighted by Crippen LogP contribution is 2.25. The van der Waals surface area contributed by atoms with E-state index < -0.39 is 4.92 Å². The summed E-state index contributed by atoms with van der Waals surface area (Å²) >= 11 is 0. The summed E-state index contributed by atoms with van der Waals surface area (Å²) in [5.41, 5.74) is 0.638. The van der Waals surface area contributed by atoms with E-state index in [0.717, 1.165) is 25.9 Å². The molecule has 1 aliphatic rings. The van der Waals surface area contributed by atoms with Crippen LogP contribution in [0.3, 0.4) is 0 Å². The summed E-state index contributed by atoms with van der Waals surface area (Å²) in [5.74, 6) is 0. The van der Waals surface area contributed by atoms with Crippen molar-refractivity contribution in [1.29, 1.82) is 5.26 Å². The van der Waals surface area contributed by atoms with E-state index >= 15 is 0 Å². The molecule has 1 heterocycles. The summed E-state index contributed by atoms with van der Waals surface area (Å²) in [4.78, 5) is 10.5. The minimum absolute atomic E-state index is 0.0742. The molecule has 0 aromatic heterocycles. The van der Waals surface area contributed by atoms with Gasteiger partial charge in [-0.05, 0) is 31.4 Å². The average molecular weight is 261 g/mol. The van der Waals surface area contributed by atoms with Crippen LogP contribution in [-0.4, -0.2) is 24.2 Å². The molecule has 100 valence electrons. The van der Waals surface area contributed by atoms with Gasteiger partial charge < -0.3 is 10.1 Å². The van der Waals surface area contributed by atoms with Crippen LogP contribution in [0.1, 0.15) is 24.8 Å². The van der Waals surface area contributed by atoms with Crippen LogP contribution < -0.4 is 5.32 Å². The molecule has 0 spiro atoms. The molecule has 1 aromatic carbocycles. The molecule has 1 fully saturated rings. The van der Waals surface area contributed by atoms with Crippen LogP contribution in [0.4, 0.5) is 11.4 Å². The second-order valence-corrected chi connectivity index (χ2v) is 4.47. The quantitative estimate of drug-likeness (QED) is 0.664. The highest BCUT2D eigenvalue weighted by atomic mass is 16.6. The van der Waals surface area contributed by atoms with Crippen molar-refractivity contribution < 1.29 is 9.66 Å². The fraction of sp³-hybridized carbons (Fsp3) is 0.462. The third-order valence-electron chi connectivity index (χ3n) is 3.12. The van der Waals surface area contributed by atoms with Gasteiger partial charge in [-0.25, -0.2) is 0 Å². The molecule has 0 amide bonds. The maximum absolute atomic E-state index is 11.0. The Hall–Kier alpha value is -2.13. The van der Waals surface area contributed by atoms with Crippen molar-refractivity contribution in [2.75, 3.05) is 18.5 Å². The van der Waals surface area contributed by atoms with Crippen molar-refractivity contribution in [3.05, 3.63) is 33.9 Å². The van der Waals surface area contributed by atoms with Crippen molar-refractivity contribution in [1.82, 2.24) is 0 Å². The summed E-state index contributed by atoms with van der Waals surface area (Å²) in [5, 5.41) is 22.8. The zero-order valence-electron chi connectivity index (χ0n) is 10.5. The van der Waals surface area contributed by atoms with E-state index in [0.29, 0.717) is 12.2 Å². The zero-order valence-corrected chi connectivity index (χ0v) is 10.5. The third kappa shape index (κ3) is 3.42. The molecule has 1 aromatic rings. The summed E-state index contributed by atoms with van der Waals surface area (Å²) < 4.78 is 5.56. The van der Waals surface area contributed by atoms with Crippen molar-refractivity contribution in [2.24, 2.45) is 0 Å². The van der Waals surface area contributed by atoms with E-state index in [1.807, 2.05) is 6.07 Å². The topological polar surface area (TPSA) is 88.2 Å². The lowest BCUT2D eigenvalue weighted by atomic mass is 10.1. The van der Waals surface area contributed by atoms with E-state index in [-0.39, 0.29) is 17.4 Å². The normalized spacial score (nSPS) is 18.6. The van der Waals surface area contributed by atoms with Gasteiger partial charge in [0.25, 0.3) is 5.69 Å². The molecular formula is C13H15N3O3. The van der Waals surface area contributed by atoms with Crippen LogP contribution in [0.2, 0.25) is 0 Å². The largest absolute Gasteiger partial charge is 0.377 e. The molecular weight excluding hydrogens is 246 g/mol. The van der Waals surface area contributed by atoms with Gasteiger partial charge in [0.15, 0.2) is 0 Å². The van der Waals surface area contributed by atoms with E-state index in [1.54, 1.807) is 12.1 Å². The first-order chi connectivity index (χ1) is 9.20. The first-order valence-corrected chi connectivity index (χ1v) is 6.24. The van der Waals surface area contributed by atoms with Crippen molar-refractivity contribution >= 4 is 11.4 Å². The van der Waals surface area contributed by atoms with Gasteiger partial charge in [-0.3, -0.25) is 10.1 Å². The molecule has 1 saturated heterocycles. The Morgan fingerprint density at radius 1 is 1.53 bits per heavy atom. The number of nitrogens with zero attached hydrogens (tertiary/aromatic N) is 2. The van der Waals surface area contributed by atoms with Gasteiger partial charge in [0, 0.05) is 19.2 Å². The summed E-state index contributed by atoms with van der Waals surface area (Å²) in [6, 6.07) is 6.32. The number of nitro benzene ring substituents is 1.